The van der Waals surface area contributed by atoms with Crippen molar-refractivity contribution >= 4 is 11.3 Å². The maximum atomic E-state index is 12.9. The van der Waals surface area contributed by atoms with Crippen LogP contribution in [0.2, 0.25) is 0 Å². The van der Waals surface area contributed by atoms with Crippen molar-refractivity contribution in [1.29, 1.82) is 0 Å². The van der Waals surface area contributed by atoms with Crippen molar-refractivity contribution in [3.63, 3.8) is 0 Å². The molecule has 0 unspecified atom stereocenters. The van der Waals surface area contributed by atoms with E-state index in [4.69, 9.17) is 0 Å². The van der Waals surface area contributed by atoms with Gasteiger partial charge in [0.1, 0.15) is 5.69 Å². The summed E-state index contributed by atoms with van der Waals surface area (Å²) < 4.78 is 38.8. The Kier molecular flexibility index (Phi) is 8.91. The molecule has 0 bridgehead atoms. The Morgan fingerprint density at radius 2 is 1.62 bits per heavy atom. The normalized spacial score (nSPS) is 11.9. The maximum Gasteiger partial charge on any atom is 0.431 e. The van der Waals surface area contributed by atoms with E-state index in [0.717, 1.165) is 30.9 Å². The fraction of sp³-hybridized carbons (Fsp3) is 0.520. The summed E-state index contributed by atoms with van der Waals surface area (Å²) in [6, 6.07) is 7.08. The molecule has 0 saturated carbocycles. The van der Waals surface area contributed by atoms with E-state index in [1.165, 1.54) is 60.3 Å². The second kappa shape index (κ2) is 11.6. The number of unbranched alkanes of at least 4 members (excludes halogenated alkanes) is 6. The number of nitrogens with zero attached hydrogens (tertiary/aromatic N) is 3. The highest BCUT2D eigenvalue weighted by Crippen LogP contribution is 2.36. The van der Waals surface area contributed by atoms with Crippen molar-refractivity contribution in [2.45, 2.75) is 84.2 Å². The Morgan fingerprint density at radius 3 is 2.28 bits per heavy atom. The Morgan fingerprint density at radius 1 is 0.906 bits per heavy atom. The van der Waals surface area contributed by atoms with Crippen LogP contribution in [-0.4, -0.2) is 10.1 Å². The van der Waals surface area contributed by atoms with Crippen molar-refractivity contribution in [3.05, 3.63) is 46.6 Å². The molecule has 0 spiro atoms. The molecule has 0 aliphatic carbocycles. The zero-order chi connectivity index (χ0) is 23.0. The van der Waals surface area contributed by atoms with Crippen LogP contribution in [0.25, 0.3) is 21.8 Å². The van der Waals surface area contributed by atoms with Crippen LogP contribution in [0.1, 0.15) is 81.3 Å². The first-order valence-electron chi connectivity index (χ1n) is 11.6. The molecule has 0 aliphatic heterocycles. The fourth-order valence-corrected chi connectivity index (χ4v) is 5.02. The van der Waals surface area contributed by atoms with Gasteiger partial charge >= 0.3 is 6.18 Å². The Labute approximate surface area is 192 Å². The monoisotopic (exact) mass is 462 g/mol. The lowest BCUT2D eigenvalue weighted by Crippen LogP contribution is -2.04. The first kappa shape index (κ1) is 24.5. The van der Waals surface area contributed by atoms with E-state index >= 15 is 0 Å². The van der Waals surface area contributed by atoms with Gasteiger partial charge in [-0.2, -0.15) is 13.2 Å². The molecule has 7 heteroatoms. The summed E-state index contributed by atoms with van der Waals surface area (Å²) in [6.45, 7) is 4.42. The van der Waals surface area contributed by atoms with Gasteiger partial charge in [0, 0.05) is 16.0 Å². The van der Waals surface area contributed by atoms with E-state index < -0.39 is 11.9 Å². The molecule has 32 heavy (non-hydrogen) atoms. The molecule has 3 aromatic rings. The van der Waals surface area contributed by atoms with Crippen LogP contribution in [0.3, 0.4) is 0 Å². The largest absolute Gasteiger partial charge is 0.573 e. The second-order valence-electron chi connectivity index (χ2n) is 8.23. The summed E-state index contributed by atoms with van der Waals surface area (Å²) >= 11 is 1.80. The Bertz CT molecular complexity index is 975. The van der Waals surface area contributed by atoms with Crippen LogP contribution in [0.15, 0.2) is 30.5 Å². The second-order valence-corrected chi connectivity index (χ2v) is 9.37. The minimum Gasteiger partial charge on any atom is -0.573 e. The molecule has 0 saturated heterocycles. The van der Waals surface area contributed by atoms with Crippen LogP contribution in [0.5, 0.6) is 0 Å². The molecule has 3 nitrogen and oxygen atoms in total. The van der Waals surface area contributed by atoms with Crippen molar-refractivity contribution in [3.8, 4) is 21.8 Å². The first-order valence-corrected chi connectivity index (χ1v) is 12.4. The molecule has 0 amide bonds. The summed E-state index contributed by atoms with van der Waals surface area (Å²) in [5, 5.41) is 7.00. The first-order chi connectivity index (χ1) is 15.4. The molecule has 3 rings (SSSR count). The third-order valence-electron chi connectivity index (χ3n) is 5.55. The van der Waals surface area contributed by atoms with E-state index in [1.807, 2.05) is 12.1 Å². The molecule has 174 valence electrons. The highest BCUT2D eigenvalue weighted by molar-refractivity contribution is 7.15. The molecule has 0 N–H and O–H groups in total. The summed E-state index contributed by atoms with van der Waals surface area (Å²) in [5.41, 5.74) is 1.90. The lowest BCUT2D eigenvalue weighted by Gasteiger charge is -2.08. The number of hydrogen-bond donors (Lipinski definition) is 0. The zero-order valence-electron chi connectivity index (χ0n) is 18.8. The van der Waals surface area contributed by atoms with Gasteiger partial charge in [0.15, 0.2) is 0 Å². The maximum absolute atomic E-state index is 12.9. The highest BCUT2D eigenvalue weighted by atomic mass is 32.1. The van der Waals surface area contributed by atoms with Crippen LogP contribution < -0.4 is 5.10 Å². The third-order valence-corrected chi connectivity index (χ3v) is 6.84. The molecule has 3 aromatic heterocycles. The molecular weight excluding hydrogens is 431 g/mol. The van der Waals surface area contributed by atoms with E-state index in [9.17, 15) is 13.2 Å². The van der Waals surface area contributed by atoms with Gasteiger partial charge in [0.05, 0.1) is 5.69 Å². The van der Waals surface area contributed by atoms with Gasteiger partial charge < -0.3 is 10.2 Å². The molecule has 3 heterocycles. The van der Waals surface area contributed by atoms with E-state index in [-0.39, 0.29) is 5.69 Å². The van der Waals surface area contributed by atoms with Gasteiger partial charge in [-0.15, -0.1) is 11.3 Å². The number of halogens is 3. The van der Waals surface area contributed by atoms with Crippen LogP contribution in [0, 0.1) is 0 Å². The van der Waals surface area contributed by atoms with Gasteiger partial charge in [-0.1, -0.05) is 58.1 Å². The summed E-state index contributed by atoms with van der Waals surface area (Å²) in [7, 11) is 0. The van der Waals surface area contributed by atoms with E-state index in [2.05, 4.69) is 35.1 Å². The number of thiophene rings is 1. The highest BCUT2D eigenvalue weighted by Gasteiger charge is 2.31. The van der Waals surface area contributed by atoms with Crippen LogP contribution in [-0.2, 0) is 19.0 Å². The number of aryl methyl sites for hydroxylation is 2. The molecule has 0 radical (unpaired) electrons. The summed E-state index contributed by atoms with van der Waals surface area (Å²) in [4.78, 5) is 6.84. The van der Waals surface area contributed by atoms with Gasteiger partial charge in [-0.05, 0) is 61.1 Å². The number of alkyl halides is 3. The SMILES string of the molecule is CCCCCCc1cc(CCCCCC)c(-c2ccnc(-c3cc(C(F)(F)F)n[n-]3)c2)s1. The van der Waals surface area contributed by atoms with Crippen molar-refractivity contribution in [2.75, 3.05) is 0 Å². The molecule has 0 aliphatic rings. The van der Waals surface area contributed by atoms with Crippen molar-refractivity contribution in [1.82, 2.24) is 15.2 Å². The minimum atomic E-state index is -4.51. The summed E-state index contributed by atoms with van der Waals surface area (Å²) in [6.07, 6.45) is 8.95. The van der Waals surface area contributed by atoms with Gasteiger partial charge in [-0.25, -0.2) is 0 Å². The van der Waals surface area contributed by atoms with Crippen LogP contribution >= 0.6 is 11.3 Å². The predicted octanol–water partition coefficient (Wildman–Crippen LogP) is 8.09. The van der Waals surface area contributed by atoms with Crippen LogP contribution in [0.4, 0.5) is 13.2 Å². The quantitative estimate of drug-likeness (QED) is 0.255. The fourth-order valence-electron chi connectivity index (χ4n) is 3.78. The average Bonchev–Trinajstić information content (AvgIpc) is 3.42. The van der Waals surface area contributed by atoms with Crippen molar-refractivity contribution in [2.24, 2.45) is 0 Å². The average molecular weight is 463 g/mol. The smallest absolute Gasteiger partial charge is 0.431 e. The Hall–Kier alpha value is -2.15. The van der Waals surface area contributed by atoms with Crippen molar-refractivity contribution < 1.29 is 13.2 Å². The molecule has 0 fully saturated rings. The van der Waals surface area contributed by atoms with Gasteiger partial charge in [0.2, 0.25) is 0 Å². The number of rotatable bonds is 12. The molecular formula is C25H31F3N3S-. The number of hydrogen-bond acceptors (Lipinski definition) is 3. The zero-order valence-corrected chi connectivity index (χ0v) is 19.7. The molecule has 0 atom stereocenters. The lowest BCUT2D eigenvalue weighted by molar-refractivity contribution is -0.141. The predicted molar refractivity (Wildman–Crippen MR) is 125 cm³/mol. The number of aromatic nitrogens is 3. The topological polar surface area (TPSA) is 39.9 Å². The lowest BCUT2D eigenvalue weighted by atomic mass is 10.0. The standard InChI is InChI=1S/C25H31F3N3S/c1-3-5-7-9-11-18-15-20(12-10-8-6-4-2)32-24(18)19-13-14-29-21(16-19)22-17-23(31-30-22)25(26,27)28/h13-17H,3-12H2,1-2H3/q-1. The van der Waals surface area contributed by atoms with Gasteiger partial charge in [0.25, 0.3) is 0 Å². The molecule has 0 aromatic carbocycles. The third kappa shape index (κ3) is 6.67. The van der Waals surface area contributed by atoms with Gasteiger partial charge in [-0.3, -0.25) is 4.98 Å². The summed E-state index contributed by atoms with van der Waals surface area (Å²) in [5.74, 6) is 0. The number of pyridine rings is 1. The van der Waals surface area contributed by atoms with E-state index in [0.29, 0.717) is 5.69 Å². The van der Waals surface area contributed by atoms with E-state index in [1.54, 1.807) is 17.5 Å². The minimum absolute atomic E-state index is 0.153. The Balaban J connectivity index is 1.85.